The van der Waals surface area contributed by atoms with Crippen molar-refractivity contribution in [1.82, 2.24) is 9.80 Å². The molecule has 3 saturated heterocycles. The van der Waals surface area contributed by atoms with Crippen LogP contribution in [0.25, 0.3) is 0 Å². The number of alkyl halides is 1. The second-order valence-corrected chi connectivity index (χ2v) is 8.59. The van der Waals surface area contributed by atoms with Crippen LogP contribution >= 0.6 is 15.9 Å². The highest BCUT2D eigenvalue weighted by Gasteiger charge is 2.42. The Morgan fingerprint density at radius 1 is 0.762 bits per heavy atom. The van der Waals surface area contributed by atoms with E-state index in [1.807, 2.05) is 0 Å². The van der Waals surface area contributed by atoms with Crippen LogP contribution in [0.3, 0.4) is 0 Å². The molecular weight excluding hydrogens is 324 g/mol. The summed E-state index contributed by atoms with van der Waals surface area (Å²) in [6.45, 7) is 8.63. The molecule has 3 heteroatoms. The number of halogens is 1. The van der Waals surface area contributed by atoms with E-state index in [4.69, 9.17) is 0 Å². The summed E-state index contributed by atoms with van der Waals surface area (Å²) >= 11 is 4.06. The molecule has 1 unspecified atom stereocenters. The van der Waals surface area contributed by atoms with Gasteiger partial charge in [-0.15, -0.1) is 0 Å². The van der Waals surface area contributed by atoms with Gasteiger partial charge in [-0.05, 0) is 6.42 Å². The highest BCUT2D eigenvalue weighted by atomic mass is 79.9. The summed E-state index contributed by atoms with van der Waals surface area (Å²) in [7, 11) is 0. The standard InChI is InChI=1S/C18H35BrN2/c1-2-3-4-5-6-7-8-9-10-11-12-18(19)17-20-13-15-21(18)16-14-20/h2-17H2,1H3. The van der Waals surface area contributed by atoms with E-state index in [9.17, 15) is 0 Å². The van der Waals surface area contributed by atoms with Gasteiger partial charge in [-0.25, -0.2) is 0 Å². The van der Waals surface area contributed by atoms with Crippen molar-refractivity contribution >= 4 is 15.9 Å². The third-order valence-electron chi connectivity index (χ3n) is 5.32. The Bertz CT molecular complexity index is 276. The predicted molar refractivity (Wildman–Crippen MR) is 96.1 cm³/mol. The molecule has 3 aliphatic rings. The molecule has 2 bridgehead atoms. The van der Waals surface area contributed by atoms with E-state index in [0.29, 0.717) is 4.45 Å². The molecule has 124 valence electrons. The third kappa shape index (κ3) is 5.84. The van der Waals surface area contributed by atoms with Crippen LogP contribution in [-0.4, -0.2) is 47.0 Å². The summed E-state index contributed by atoms with van der Waals surface area (Å²) in [5, 5.41) is 0. The van der Waals surface area contributed by atoms with Gasteiger partial charge < -0.3 is 0 Å². The fourth-order valence-electron chi connectivity index (χ4n) is 3.87. The summed E-state index contributed by atoms with van der Waals surface area (Å²) in [5.74, 6) is 0. The molecule has 2 nitrogen and oxygen atoms in total. The monoisotopic (exact) mass is 358 g/mol. The lowest BCUT2D eigenvalue weighted by Crippen LogP contribution is -2.65. The SMILES string of the molecule is CCCCCCCCCCCCC1(Br)CN2CCN1CC2. The average Bonchev–Trinajstić information content (AvgIpc) is 2.50. The van der Waals surface area contributed by atoms with Gasteiger partial charge in [-0.3, -0.25) is 9.80 Å². The van der Waals surface area contributed by atoms with Crippen LogP contribution in [0.4, 0.5) is 0 Å². The van der Waals surface area contributed by atoms with Crippen LogP contribution in [0, 0.1) is 0 Å². The summed E-state index contributed by atoms with van der Waals surface area (Å²) in [6, 6.07) is 0. The van der Waals surface area contributed by atoms with Gasteiger partial charge in [0, 0.05) is 32.7 Å². The molecule has 3 fully saturated rings. The Morgan fingerprint density at radius 3 is 1.76 bits per heavy atom. The van der Waals surface area contributed by atoms with Crippen molar-refractivity contribution in [2.24, 2.45) is 0 Å². The number of hydrogen-bond acceptors (Lipinski definition) is 2. The summed E-state index contributed by atoms with van der Waals surface area (Å²) in [6.07, 6.45) is 15.7. The van der Waals surface area contributed by atoms with Crippen LogP contribution in [0.15, 0.2) is 0 Å². The molecule has 3 aliphatic heterocycles. The van der Waals surface area contributed by atoms with E-state index in [1.165, 1.54) is 103 Å². The van der Waals surface area contributed by atoms with Crippen molar-refractivity contribution in [1.29, 1.82) is 0 Å². The summed E-state index contributed by atoms with van der Waals surface area (Å²) in [5.41, 5.74) is 0. The molecule has 3 rings (SSSR count). The lowest BCUT2D eigenvalue weighted by atomic mass is 10.00. The largest absolute Gasteiger partial charge is 0.298 e. The highest BCUT2D eigenvalue weighted by molar-refractivity contribution is 9.10. The molecule has 0 aliphatic carbocycles. The van der Waals surface area contributed by atoms with E-state index in [-0.39, 0.29) is 0 Å². The molecule has 1 atom stereocenters. The lowest BCUT2D eigenvalue weighted by molar-refractivity contribution is -0.00598. The Balaban J connectivity index is 1.45. The molecule has 0 spiro atoms. The average molecular weight is 359 g/mol. The molecule has 0 radical (unpaired) electrons. The number of fused-ring (bicyclic) bond motifs is 3. The van der Waals surface area contributed by atoms with E-state index in [0.717, 1.165) is 0 Å². The van der Waals surface area contributed by atoms with E-state index in [2.05, 4.69) is 32.7 Å². The molecule has 0 saturated carbocycles. The Morgan fingerprint density at radius 2 is 1.29 bits per heavy atom. The zero-order valence-corrected chi connectivity index (χ0v) is 15.7. The zero-order valence-electron chi connectivity index (χ0n) is 14.1. The second kappa shape index (κ2) is 9.52. The van der Waals surface area contributed by atoms with Crippen molar-refractivity contribution in [2.45, 2.75) is 82.0 Å². The van der Waals surface area contributed by atoms with Crippen LogP contribution in [0.1, 0.15) is 77.6 Å². The van der Waals surface area contributed by atoms with E-state index < -0.39 is 0 Å². The van der Waals surface area contributed by atoms with Crippen molar-refractivity contribution in [3.63, 3.8) is 0 Å². The van der Waals surface area contributed by atoms with Gasteiger partial charge in [0.25, 0.3) is 0 Å². The zero-order chi connectivity index (χ0) is 15.0. The lowest BCUT2D eigenvalue weighted by Gasteiger charge is -2.53. The maximum Gasteiger partial charge on any atom is 0.0896 e. The topological polar surface area (TPSA) is 6.48 Å². The number of unbranched alkanes of at least 4 members (excludes halogenated alkanes) is 9. The molecular formula is C18H35BrN2. The van der Waals surface area contributed by atoms with Crippen LogP contribution in [0.2, 0.25) is 0 Å². The highest BCUT2D eigenvalue weighted by Crippen LogP contribution is 2.36. The van der Waals surface area contributed by atoms with Crippen molar-refractivity contribution in [3.8, 4) is 0 Å². The van der Waals surface area contributed by atoms with Crippen molar-refractivity contribution in [3.05, 3.63) is 0 Å². The van der Waals surface area contributed by atoms with E-state index >= 15 is 0 Å². The summed E-state index contributed by atoms with van der Waals surface area (Å²) in [4.78, 5) is 5.31. The fourth-order valence-corrected chi connectivity index (χ4v) is 4.86. The van der Waals surface area contributed by atoms with Crippen molar-refractivity contribution < 1.29 is 0 Å². The Hall–Kier alpha value is 0.400. The quantitative estimate of drug-likeness (QED) is 0.290. The van der Waals surface area contributed by atoms with Gasteiger partial charge in [-0.1, -0.05) is 87.1 Å². The Labute approximate surface area is 140 Å². The first kappa shape index (κ1) is 17.7. The van der Waals surface area contributed by atoms with Gasteiger partial charge in [0.15, 0.2) is 0 Å². The van der Waals surface area contributed by atoms with Gasteiger partial charge >= 0.3 is 0 Å². The second-order valence-electron chi connectivity index (χ2n) is 7.11. The minimum absolute atomic E-state index is 0.309. The maximum absolute atomic E-state index is 4.06. The van der Waals surface area contributed by atoms with Crippen molar-refractivity contribution in [2.75, 3.05) is 32.7 Å². The maximum atomic E-state index is 4.06. The smallest absolute Gasteiger partial charge is 0.0896 e. The minimum atomic E-state index is 0.309. The molecule has 0 N–H and O–H groups in total. The first-order valence-corrected chi connectivity index (χ1v) is 10.2. The minimum Gasteiger partial charge on any atom is -0.298 e. The predicted octanol–water partition coefficient (Wildman–Crippen LogP) is 5.02. The number of rotatable bonds is 11. The third-order valence-corrected chi connectivity index (χ3v) is 6.47. The first-order chi connectivity index (χ1) is 10.2. The Kier molecular flexibility index (Phi) is 8.05. The fraction of sp³-hybridized carbons (Fsp3) is 1.00. The molecule has 0 aromatic carbocycles. The first-order valence-electron chi connectivity index (χ1n) is 9.41. The van der Waals surface area contributed by atoms with Crippen LogP contribution < -0.4 is 0 Å². The van der Waals surface area contributed by atoms with Crippen LogP contribution in [0.5, 0.6) is 0 Å². The number of nitrogens with zero attached hydrogens (tertiary/aromatic N) is 2. The molecule has 0 aromatic heterocycles. The molecule has 21 heavy (non-hydrogen) atoms. The van der Waals surface area contributed by atoms with Gasteiger partial charge in [0.1, 0.15) is 0 Å². The van der Waals surface area contributed by atoms with E-state index in [1.54, 1.807) is 0 Å². The molecule has 0 amide bonds. The van der Waals surface area contributed by atoms with Gasteiger partial charge in [0.05, 0.1) is 4.45 Å². The van der Waals surface area contributed by atoms with Gasteiger partial charge in [-0.2, -0.15) is 0 Å². The number of hydrogen-bond donors (Lipinski definition) is 0. The summed E-state index contributed by atoms with van der Waals surface area (Å²) < 4.78 is 0.309. The number of piperazine rings is 3. The van der Waals surface area contributed by atoms with Crippen LogP contribution in [-0.2, 0) is 0 Å². The normalized spacial score (nSPS) is 31.7. The molecule has 3 heterocycles. The van der Waals surface area contributed by atoms with Gasteiger partial charge in [0.2, 0.25) is 0 Å². The molecule has 0 aromatic rings.